The van der Waals surface area contributed by atoms with Gasteiger partial charge in [-0.05, 0) is 54.8 Å². The fourth-order valence-electron chi connectivity index (χ4n) is 12.1. The van der Waals surface area contributed by atoms with Crippen molar-refractivity contribution in [1.82, 2.24) is 25.1 Å². The number of nitrogens with zero attached hydrogens (tertiary/aromatic N) is 5. The molecule has 306 valence electrons. The molecule has 59 heavy (non-hydrogen) atoms. The Labute approximate surface area is 349 Å². The molecular formula is C45H50N7O5PS. The van der Waals surface area contributed by atoms with Crippen LogP contribution in [0, 0.1) is 28.8 Å². The Balaban J connectivity index is 0.931. The standard InChI is InChI=1S/C45H50N7O5PS/c1-29-33(20-47-52(29)28-44-23-42(2)22-43(3,24-44)26-45(25-42,27-44)57-18-16-46-15-7-19-58-56)31-12-13-37(49-38(31)40(54)55)51-17-14-30-8-6-9-32(34(30)21-51)39(53)50-41-48-35-10-4-5-11-36(35)59-41/h4-6,8-13,20,46H,7,14-18,21-28H2,1-3H3,(H,54,55)(H,48,50,53). The first-order chi connectivity index (χ1) is 28.4. The molecule has 3 N–H and O–H groups in total. The number of hydrogen-bond donors (Lipinski definition) is 3. The zero-order valence-electron chi connectivity index (χ0n) is 33.8. The molecule has 0 saturated heterocycles. The summed E-state index contributed by atoms with van der Waals surface area (Å²) in [5, 5.41) is 22.4. The van der Waals surface area contributed by atoms with Gasteiger partial charge >= 0.3 is 146 Å². The van der Waals surface area contributed by atoms with Gasteiger partial charge in [-0.2, -0.15) is 5.10 Å². The van der Waals surface area contributed by atoms with Gasteiger partial charge in [0.05, 0.1) is 16.4 Å². The number of aromatic carboxylic acids is 1. The van der Waals surface area contributed by atoms with E-state index in [9.17, 15) is 19.3 Å². The quantitative estimate of drug-likeness (QED) is 0.0776. The average Bonchev–Trinajstić information content (AvgIpc) is 3.76. The predicted octanol–water partition coefficient (Wildman–Crippen LogP) is 8.74. The first-order valence-electron chi connectivity index (χ1n) is 20.6. The number of anilines is 2. The van der Waals surface area contributed by atoms with Gasteiger partial charge in [-0.1, -0.05) is 35.6 Å². The fraction of sp³-hybridized carbons (Fsp3) is 0.467. The Bertz CT molecular complexity index is 2530. The first kappa shape index (κ1) is 39.8. The van der Waals surface area contributed by atoms with Gasteiger partial charge in [0.2, 0.25) is 0 Å². The second kappa shape index (κ2) is 15.4. The van der Waals surface area contributed by atoms with Gasteiger partial charge in [-0.25, -0.2) is 14.8 Å². The number of hydrogen-bond acceptors (Lipinski definition) is 10. The summed E-state index contributed by atoms with van der Waals surface area (Å²) < 4.78 is 20.6. The molecular weight excluding hydrogens is 782 g/mol. The van der Waals surface area contributed by atoms with E-state index in [4.69, 9.17) is 14.8 Å². The van der Waals surface area contributed by atoms with E-state index in [2.05, 4.69) is 50.7 Å². The second-order valence-corrected chi connectivity index (χ2v) is 19.7. The minimum absolute atomic E-state index is 0.0167. The molecule has 4 fully saturated rings. The predicted molar refractivity (Wildman–Crippen MR) is 230 cm³/mol. The van der Waals surface area contributed by atoms with Crippen molar-refractivity contribution in [2.45, 2.75) is 90.8 Å². The Morgan fingerprint density at radius 3 is 2.56 bits per heavy atom. The molecule has 14 heteroatoms. The SMILES string of the molecule is Cc1c(-c2ccc(N3CCc4cccc(C(=O)Nc5nc6ccccc6s5)c4C3)nc2C(=O)O)cnn1CC12CC3(C)CC(C)(C1)CC(OCCNCCC#P=O)(C3)C2. The fourth-order valence-corrected chi connectivity index (χ4v) is 13.1. The molecule has 4 aliphatic carbocycles. The molecule has 0 spiro atoms. The third-order valence-electron chi connectivity index (χ3n) is 13.1. The number of fused-ring (bicyclic) bond motifs is 2. The van der Waals surface area contributed by atoms with Crippen molar-refractivity contribution in [3.63, 3.8) is 0 Å². The van der Waals surface area contributed by atoms with Crippen LogP contribution in [-0.4, -0.2) is 68.6 Å². The number of carboxylic acids is 1. The average molecular weight is 832 g/mol. The van der Waals surface area contributed by atoms with Crippen LogP contribution >= 0.6 is 19.3 Å². The summed E-state index contributed by atoms with van der Waals surface area (Å²) in [4.78, 5) is 38.0. The van der Waals surface area contributed by atoms with Gasteiger partial charge in [-0.3, -0.25) is 10.1 Å². The first-order valence-corrected chi connectivity index (χ1v) is 22.2. The molecule has 4 heterocycles. The number of aromatic nitrogens is 4. The molecule has 2 unspecified atom stereocenters. The molecule has 1 amide bonds. The van der Waals surface area contributed by atoms with Gasteiger partial charge in [0.15, 0.2) is 10.8 Å². The molecule has 4 bridgehead atoms. The minimum atomic E-state index is -1.10. The van der Waals surface area contributed by atoms with Crippen molar-refractivity contribution in [2.24, 2.45) is 16.2 Å². The van der Waals surface area contributed by atoms with Crippen LogP contribution < -0.4 is 15.5 Å². The van der Waals surface area contributed by atoms with E-state index < -0.39 is 5.97 Å². The van der Waals surface area contributed by atoms with Crippen LogP contribution in [0.15, 0.2) is 60.8 Å². The monoisotopic (exact) mass is 831 g/mol. The Morgan fingerprint density at radius 1 is 0.966 bits per heavy atom. The van der Waals surface area contributed by atoms with E-state index in [1.54, 1.807) is 6.20 Å². The summed E-state index contributed by atoms with van der Waals surface area (Å²) in [5.74, 6) is -0.768. The van der Waals surface area contributed by atoms with E-state index in [1.807, 2.05) is 55.5 Å². The molecule has 12 nitrogen and oxygen atoms in total. The van der Waals surface area contributed by atoms with Crippen molar-refractivity contribution in [1.29, 1.82) is 0 Å². The molecule has 5 aromatic rings. The summed E-state index contributed by atoms with van der Waals surface area (Å²) in [5.41, 5.74) is 8.62. The number of para-hydroxylation sites is 1. The van der Waals surface area contributed by atoms with Crippen molar-refractivity contribution in [3.8, 4) is 16.8 Å². The van der Waals surface area contributed by atoms with E-state index in [0.29, 0.717) is 54.6 Å². The van der Waals surface area contributed by atoms with Crippen LogP contribution in [0.25, 0.3) is 21.3 Å². The van der Waals surface area contributed by atoms with Crippen LogP contribution in [0.2, 0.25) is 0 Å². The topological polar surface area (TPSA) is 152 Å². The molecule has 3 aromatic heterocycles. The molecule has 5 aliphatic rings. The number of ether oxygens (including phenoxy) is 1. The number of rotatable bonds is 13. The second-order valence-electron chi connectivity index (χ2n) is 18.2. The van der Waals surface area contributed by atoms with Crippen LogP contribution in [0.5, 0.6) is 0 Å². The Kier molecular flexibility index (Phi) is 10.4. The number of carbonyl (C=O) groups is 2. The number of thiazole rings is 1. The molecule has 0 radical (unpaired) electrons. The van der Waals surface area contributed by atoms with E-state index in [-0.39, 0.29) is 41.4 Å². The number of benzene rings is 2. The number of nitrogens with one attached hydrogen (secondary N) is 2. The van der Waals surface area contributed by atoms with Crippen molar-refractivity contribution >= 4 is 52.3 Å². The zero-order valence-corrected chi connectivity index (χ0v) is 35.6. The summed E-state index contributed by atoms with van der Waals surface area (Å²) in [6.07, 6.45) is 9.69. The Morgan fingerprint density at radius 2 is 1.78 bits per heavy atom. The number of pyridine rings is 1. The summed E-state index contributed by atoms with van der Waals surface area (Å²) in [7, 11) is -0.0493. The summed E-state index contributed by atoms with van der Waals surface area (Å²) in [6, 6.07) is 17.3. The number of carbonyl (C=O) groups excluding carboxylic acids is 1. The van der Waals surface area contributed by atoms with E-state index >= 15 is 0 Å². The van der Waals surface area contributed by atoms with Crippen LogP contribution in [-0.2, 0) is 28.8 Å². The Hall–Kier alpha value is -4.64. The van der Waals surface area contributed by atoms with Gasteiger partial charge in [0.25, 0.3) is 5.91 Å². The normalized spacial score (nSPS) is 25.5. The van der Waals surface area contributed by atoms with Crippen LogP contribution in [0.4, 0.5) is 10.9 Å². The molecule has 4 saturated carbocycles. The molecule has 2 aromatic carbocycles. The third-order valence-corrected chi connectivity index (χ3v) is 14.4. The molecule has 1 aliphatic heterocycles. The van der Waals surface area contributed by atoms with Crippen molar-refractivity contribution in [2.75, 3.05) is 36.5 Å². The number of carboxylic acid groups (broad SMARTS) is 1. The van der Waals surface area contributed by atoms with Crippen molar-refractivity contribution < 1.29 is 24.0 Å². The zero-order chi connectivity index (χ0) is 41.0. The summed E-state index contributed by atoms with van der Waals surface area (Å²) >= 11 is 1.44. The number of amides is 1. The molecule has 10 rings (SSSR count). The maximum absolute atomic E-state index is 13.6. The van der Waals surface area contributed by atoms with Gasteiger partial charge in [-0.15, -0.1) is 0 Å². The van der Waals surface area contributed by atoms with Crippen LogP contribution in [0.3, 0.4) is 0 Å². The maximum atomic E-state index is 13.6. The summed E-state index contributed by atoms with van der Waals surface area (Å²) in [6.45, 7) is 10.8. The van der Waals surface area contributed by atoms with E-state index in [0.717, 1.165) is 84.3 Å². The van der Waals surface area contributed by atoms with Gasteiger partial charge in [0, 0.05) is 35.5 Å². The van der Waals surface area contributed by atoms with Crippen molar-refractivity contribution in [3.05, 3.63) is 88.9 Å². The van der Waals surface area contributed by atoms with E-state index in [1.165, 1.54) is 17.8 Å². The molecule has 2 atom stereocenters. The van der Waals surface area contributed by atoms with Crippen LogP contribution in [0.1, 0.15) is 96.5 Å². The van der Waals surface area contributed by atoms with Gasteiger partial charge in [0.1, 0.15) is 5.82 Å². The third kappa shape index (κ3) is 7.80. The van der Waals surface area contributed by atoms with Gasteiger partial charge < -0.3 is 10.0 Å².